The van der Waals surface area contributed by atoms with Crippen molar-refractivity contribution in [2.45, 2.75) is 32.2 Å². The number of benzene rings is 1. The molecule has 28 heavy (non-hydrogen) atoms. The number of anilines is 2. The SMILES string of the molecule is COCCOC(=O)Nc1ccc2c(c1)NCC(C)CCCC(N)c1ncc-2[nH]1. The molecule has 8 heteroatoms. The summed E-state index contributed by atoms with van der Waals surface area (Å²) in [6.07, 6.45) is 4.37. The maximum atomic E-state index is 11.9. The van der Waals surface area contributed by atoms with Crippen LogP contribution in [0.4, 0.5) is 16.2 Å². The number of amides is 1. The lowest BCUT2D eigenvalue weighted by atomic mass is 10.0. The van der Waals surface area contributed by atoms with Crippen molar-refractivity contribution in [1.29, 1.82) is 0 Å². The van der Waals surface area contributed by atoms with Crippen LogP contribution in [0.3, 0.4) is 0 Å². The van der Waals surface area contributed by atoms with Gasteiger partial charge < -0.3 is 25.5 Å². The molecule has 2 unspecified atom stereocenters. The van der Waals surface area contributed by atoms with E-state index < -0.39 is 6.09 Å². The number of aromatic nitrogens is 2. The minimum atomic E-state index is -0.506. The Labute approximate surface area is 165 Å². The minimum Gasteiger partial charge on any atom is -0.447 e. The van der Waals surface area contributed by atoms with Gasteiger partial charge in [0, 0.05) is 30.6 Å². The fraction of sp³-hybridized carbons (Fsp3) is 0.500. The molecule has 0 spiro atoms. The molecule has 0 fully saturated rings. The van der Waals surface area contributed by atoms with Gasteiger partial charge in [0.05, 0.1) is 24.5 Å². The van der Waals surface area contributed by atoms with Crippen molar-refractivity contribution in [3.05, 3.63) is 30.2 Å². The van der Waals surface area contributed by atoms with E-state index in [-0.39, 0.29) is 12.6 Å². The van der Waals surface area contributed by atoms with E-state index in [2.05, 4.69) is 27.5 Å². The molecule has 2 heterocycles. The standard InChI is InChI=1S/C20H29N5O3/c1-13-4-3-5-16(21)19-23-12-18(25-19)15-7-6-14(10-17(15)22-11-13)24-20(26)28-9-8-27-2/h6-7,10,12-13,16,22H,3-5,8-9,11,21H2,1-2H3,(H,23,25)(H,24,26). The van der Waals surface area contributed by atoms with Gasteiger partial charge in [0.25, 0.3) is 0 Å². The van der Waals surface area contributed by atoms with Crippen LogP contribution in [0.5, 0.6) is 0 Å². The highest BCUT2D eigenvalue weighted by molar-refractivity contribution is 5.88. The van der Waals surface area contributed by atoms with Crippen LogP contribution in [0.25, 0.3) is 11.3 Å². The maximum Gasteiger partial charge on any atom is 0.411 e. The Balaban J connectivity index is 1.83. The van der Waals surface area contributed by atoms with Crippen molar-refractivity contribution >= 4 is 17.5 Å². The van der Waals surface area contributed by atoms with E-state index >= 15 is 0 Å². The lowest BCUT2D eigenvalue weighted by Gasteiger charge is -2.19. The molecule has 1 aromatic heterocycles. The molecule has 2 bridgehead atoms. The molecule has 2 aromatic rings. The highest BCUT2D eigenvalue weighted by atomic mass is 16.6. The molecule has 8 nitrogen and oxygen atoms in total. The summed E-state index contributed by atoms with van der Waals surface area (Å²) in [7, 11) is 1.56. The molecule has 2 atom stereocenters. The molecule has 1 aromatic carbocycles. The Morgan fingerprint density at radius 3 is 3.04 bits per heavy atom. The minimum absolute atomic E-state index is 0.0837. The van der Waals surface area contributed by atoms with E-state index in [0.29, 0.717) is 18.2 Å². The van der Waals surface area contributed by atoms with Gasteiger partial charge in [-0.05, 0) is 37.0 Å². The normalized spacial score (nSPS) is 19.5. The van der Waals surface area contributed by atoms with Gasteiger partial charge in [0.2, 0.25) is 0 Å². The van der Waals surface area contributed by atoms with E-state index in [4.69, 9.17) is 15.2 Å². The molecule has 1 amide bonds. The van der Waals surface area contributed by atoms with Crippen LogP contribution in [0, 0.1) is 5.92 Å². The second kappa shape index (κ2) is 9.57. The Morgan fingerprint density at radius 2 is 2.21 bits per heavy atom. The average molecular weight is 387 g/mol. The van der Waals surface area contributed by atoms with E-state index in [1.165, 1.54) is 0 Å². The van der Waals surface area contributed by atoms with Crippen molar-refractivity contribution in [2.24, 2.45) is 11.7 Å². The van der Waals surface area contributed by atoms with Crippen LogP contribution in [0.1, 0.15) is 38.1 Å². The number of rotatable bonds is 4. The number of carbonyl (C=O) groups excluding carboxylic acids is 1. The van der Waals surface area contributed by atoms with Crippen LogP contribution in [-0.2, 0) is 9.47 Å². The van der Waals surface area contributed by atoms with E-state index in [0.717, 1.165) is 48.6 Å². The number of hydrogen-bond donors (Lipinski definition) is 4. The lowest BCUT2D eigenvalue weighted by molar-refractivity contribution is 0.107. The molecule has 1 aliphatic rings. The number of aromatic amines is 1. The Morgan fingerprint density at radius 1 is 1.36 bits per heavy atom. The topological polar surface area (TPSA) is 114 Å². The van der Waals surface area contributed by atoms with E-state index in [1.54, 1.807) is 7.11 Å². The van der Waals surface area contributed by atoms with Crippen LogP contribution < -0.4 is 16.4 Å². The quantitative estimate of drug-likeness (QED) is 0.597. The highest BCUT2D eigenvalue weighted by Gasteiger charge is 2.16. The number of methoxy groups -OCH3 is 1. The van der Waals surface area contributed by atoms with Gasteiger partial charge in [-0.25, -0.2) is 9.78 Å². The number of nitrogens with two attached hydrogens (primary N) is 1. The van der Waals surface area contributed by atoms with Gasteiger partial charge in [-0.2, -0.15) is 0 Å². The smallest absolute Gasteiger partial charge is 0.411 e. The second-order valence-electron chi connectivity index (χ2n) is 7.22. The Kier molecular flexibility index (Phi) is 6.89. The lowest BCUT2D eigenvalue weighted by Crippen LogP contribution is -2.17. The first-order chi connectivity index (χ1) is 13.6. The van der Waals surface area contributed by atoms with Crippen LogP contribution in [0.2, 0.25) is 0 Å². The highest BCUT2D eigenvalue weighted by Crippen LogP contribution is 2.31. The number of fused-ring (bicyclic) bond motifs is 4. The number of nitrogens with zero attached hydrogens (tertiary/aromatic N) is 1. The van der Waals surface area contributed by atoms with E-state index in [9.17, 15) is 4.79 Å². The number of nitrogens with one attached hydrogen (secondary N) is 3. The maximum absolute atomic E-state index is 11.9. The summed E-state index contributed by atoms with van der Waals surface area (Å²) in [6, 6.07) is 5.62. The molecular formula is C20H29N5O3. The first-order valence-corrected chi connectivity index (χ1v) is 9.68. The zero-order chi connectivity index (χ0) is 19.9. The monoisotopic (exact) mass is 387 g/mol. The van der Waals surface area contributed by atoms with Crippen molar-refractivity contribution in [3.8, 4) is 11.3 Å². The summed E-state index contributed by atoms with van der Waals surface area (Å²) in [5.74, 6) is 1.31. The summed E-state index contributed by atoms with van der Waals surface area (Å²) in [4.78, 5) is 19.7. The largest absolute Gasteiger partial charge is 0.447 e. The zero-order valence-corrected chi connectivity index (χ0v) is 16.5. The van der Waals surface area contributed by atoms with Gasteiger partial charge >= 0.3 is 6.09 Å². The molecule has 5 N–H and O–H groups in total. The predicted octanol–water partition coefficient (Wildman–Crippen LogP) is 3.50. The third-order valence-electron chi connectivity index (χ3n) is 4.88. The molecule has 0 saturated carbocycles. The third-order valence-corrected chi connectivity index (χ3v) is 4.88. The molecule has 3 rings (SSSR count). The second-order valence-corrected chi connectivity index (χ2v) is 7.22. The van der Waals surface area contributed by atoms with Crippen molar-refractivity contribution < 1.29 is 14.3 Å². The van der Waals surface area contributed by atoms with Crippen LogP contribution >= 0.6 is 0 Å². The third kappa shape index (κ3) is 5.24. The van der Waals surface area contributed by atoms with Gasteiger partial charge in [0.1, 0.15) is 12.4 Å². The van der Waals surface area contributed by atoms with Crippen molar-refractivity contribution in [2.75, 3.05) is 37.5 Å². The first-order valence-electron chi connectivity index (χ1n) is 9.68. The average Bonchev–Trinajstić information content (AvgIpc) is 3.16. The fourth-order valence-corrected chi connectivity index (χ4v) is 3.25. The summed E-state index contributed by atoms with van der Waals surface area (Å²) >= 11 is 0. The van der Waals surface area contributed by atoms with Gasteiger partial charge in [-0.1, -0.05) is 13.3 Å². The van der Waals surface area contributed by atoms with Crippen LogP contribution in [0.15, 0.2) is 24.4 Å². The number of ether oxygens (including phenoxy) is 2. The van der Waals surface area contributed by atoms with Gasteiger partial charge in [-0.15, -0.1) is 0 Å². The first kappa shape index (κ1) is 20.2. The van der Waals surface area contributed by atoms with Crippen molar-refractivity contribution in [1.82, 2.24) is 9.97 Å². The predicted molar refractivity (Wildman–Crippen MR) is 109 cm³/mol. The summed E-state index contributed by atoms with van der Waals surface area (Å²) in [5.41, 5.74) is 9.74. The number of hydrogen-bond acceptors (Lipinski definition) is 6. The molecule has 1 aliphatic heterocycles. The van der Waals surface area contributed by atoms with Gasteiger partial charge in [-0.3, -0.25) is 5.32 Å². The Bertz CT molecular complexity index is 792. The zero-order valence-electron chi connectivity index (χ0n) is 16.5. The molecule has 0 radical (unpaired) electrons. The Hall–Kier alpha value is -2.58. The fourth-order valence-electron chi connectivity index (χ4n) is 3.25. The summed E-state index contributed by atoms with van der Waals surface area (Å²) < 4.78 is 9.95. The number of H-pyrrole nitrogens is 1. The van der Waals surface area contributed by atoms with Gasteiger partial charge in [0.15, 0.2) is 0 Å². The molecular weight excluding hydrogens is 358 g/mol. The van der Waals surface area contributed by atoms with Crippen LogP contribution in [-0.4, -0.2) is 42.9 Å². The summed E-state index contributed by atoms with van der Waals surface area (Å²) in [5, 5.41) is 6.27. The number of imidazole rings is 1. The molecule has 152 valence electrons. The van der Waals surface area contributed by atoms with Crippen molar-refractivity contribution in [3.63, 3.8) is 0 Å². The molecule has 0 aliphatic carbocycles. The number of carbonyl (C=O) groups is 1. The molecule has 0 saturated heterocycles. The van der Waals surface area contributed by atoms with E-state index in [1.807, 2.05) is 24.4 Å². The summed E-state index contributed by atoms with van der Waals surface area (Å²) in [6.45, 7) is 3.63.